The summed E-state index contributed by atoms with van der Waals surface area (Å²) < 4.78 is 5.55. The Labute approximate surface area is 129 Å². The second kappa shape index (κ2) is 7.13. The molecule has 1 aromatic heterocycles. The molecule has 0 aliphatic rings. The van der Waals surface area contributed by atoms with Gasteiger partial charge >= 0.3 is 0 Å². The maximum absolute atomic E-state index is 12.2. The third-order valence-corrected chi connectivity index (χ3v) is 4.44. The Kier molecular flexibility index (Phi) is 5.22. The summed E-state index contributed by atoms with van der Waals surface area (Å²) in [7, 11) is 1.83. The number of carbonyl (C=O) groups excluding carboxylic acids is 1. The Morgan fingerprint density at radius 2 is 2.05 bits per heavy atom. The van der Waals surface area contributed by atoms with Crippen molar-refractivity contribution in [2.75, 3.05) is 19.4 Å². The quantitative estimate of drug-likeness (QED) is 0.833. The van der Waals surface area contributed by atoms with E-state index in [1.165, 1.54) is 4.88 Å². The van der Waals surface area contributed by atoms with Crippen molar-refractivity contribution in [3.8, 4) is 5.75 Å². The number of hydrogen-bond acceptors (Lipinski definition) is 4. The lowest BCUT2D eigenvalue weighted by Gasteiger charge is -2.24. The fraction of sp³-hybridized carbons (Fsp3) is 0.312. The molecule has 21 heavy (non-hydrogen) atoms. The largest absolute Gasteiger partial charge is 0.493 e. The normalized spacial score (nSPS) is 11.9. The van der Waals surface area contributed by atoms with Gasteiger partial charge in [0.15, 0.2) is 0 Å². The fourth-order valence-electron chi connectivity index (χ4n) is 1.93. The second-order valence-corrected chi connectivity index (χ2v) is 5.84. The van der Waals surface area contributed by atoms with E-state index in [-0.39, 0.29) is 11.9 Å². The third-order valence-electron chi connectivity index (χ3n) is 3.39. The Balaban J connectivity index is 1.80. The molecule has 1 unspecified atom stereocenters. The average Bonchev–Trinajstić information content (AvgIpc) is 3.02. The molecule has 2 rings (SSSR count). The van der Waals surface area contributed by atoms with Gasteiger partial charge in [-0.15, -0.1) is 11.3 Å². The number of nitrogen functional groups attached to an aromatic ring is 1. The molecule has 0 aliphatic heterocycles. The predicted octanol–water partition coefficient (Wildman–Crippen LogP) is 3.32. The molecule has 1 amide bonds. The molecule has 0 saturated heterocycles. The number of carbonyl (C=O) groups is 1. The van der Waals surface area contributed by atoms with Gasteiger partial charge in [-0.3, -0.25) is 4.79 Å². The maximum Gasteiger partial charge on any atom is 0.226 e. The van der Waals surface area contributed by atoms with Crippen LogP contribution in [0.3, 0.4) is 0 Å². The molecule has 1 atom stereocenters. The summed E-state index contributed by atoms with van der Waals surface area (Å²) in [4.78, 5) is 15.1. The molecule has 2 N–H and O–H groups in total. The number of hydrogen-bond donors (Lipinski definition) is 1. The van der Waals surface area contributed by atoms with Crippen LogP contribution >= 0.6 is 11.3 Å². The minimum Gasteiger partial charge on any atom is -0.493 e. The van der Waals surface area contributed by atoms with Gasteiger partial charge in [0.2, 0.25) is 5.91 Å². The van der Waals surface area contributed by atoms with E-state index in [1.807, 2.05) is 31.5 Å². The van der Waals surface area contributed by atoms with Gasteiger partial charge < -0.3 is 15.4 Å². The number of thiophene rings is 1. The van der Waals surface area contributed by atoms with E-state index >= 15 is 0 Å². The van der Waals surface area contributed by atoms with Crippen LogP contribution in [-0.2, 0) is 4.79 Å². The molecule has 0 radical (unpaired) electrons. The van der Waals surface area contributed by atoms with E-state index in [2.05, 4.69) is 0 Å². The number of nitrogens with two attached hydrogens (primary N) is 1. The first-order chi connectivity index (χ1) is 10.1. The summed E-state index contributed by atoms with van der Waals surface area (Å²) in [6.07, 6.45) is 0.358. The molecular weight excluding hydrogens is 284 g/mol. The van der Waals surface area contributed by atoms with Crippen molar-refractivity contribution < 1.29 is 9.53 Å². The van der Waals surface area contributed by atoms with Crippen LogP contribution < -0.4 is 10.5 Å². The van der Waals surface area contributed by atoms with Gasteiger partial charge in [0.05, 0.1) is 19.1 Å². The van der Waals surface area contributed by atoms with Crippen LogP contribution in [0.5, 0.6) is 5.75 Å². The van der Waals surface area contributed by atoms with Crippen molar-refractivity contribution in [3.05, 3.63) is 46.7 Å². The third kappa shape index (κ3) is 4.23. The van der Waals surface area contributed by atoms with Crippen LogP contribution in [0, 0.1) is 0 Å². The first-order valence-corrected chi connectivity index (χ1v) is 7.73. The summed E-state index contributed by atoms with van der Waals surface area (Å²) in [5.41, 5.74) is 6.30. The highest BCUT2D eigenvalue weighted by molar-refractivity contribution is 7.10. The van der Waals surface area contributed by atoms with Gasteiger partial charge in [0.1, 0.15) is 5.75 Å². The predicted molar refractivity (Wildman–Crippen MR) is 86.5 cm³/mol. The molecular formula is C16H20N2O2S. The lowest BCUT2D eigenvalue weighted by molar-refractivity contribution is -0.132. The van der Waals surface area contributed by atoms with E-state index in [4.69, 9.17) is 10.5 Å². The van der Waals surface area contributed by atoms with E-state index in [1.54, 1.807) is 40.5 Å². The Morgan fingerprint density at radius 3 is 2.67 bits per heavy atom. The van der Waals surface area contributed by atoms with Crippen LogP contribution in [0.4, 0.5) is 5.69 Å². The molecule has 4 nitrogen and oxygen atoms in total. The van der Waals surface area contributed by atoms with E-state index in [9.17, 15) is 4.79 Å². The van der Waals surface area contributed by atoms with Gasteiger partial charge in [0, 0.05) is 17.6 Å². The van der Waals surface area contributed by atoms with Crippen molar-refractivity contribution in [2.24, 2.45) is 0 Å². The number of benzene rings is 1. The number of rotatable bonds is 6. The first-order valence-electron chi connectivity index (χ1n) is 6.85. The minimum atomic E-state index is 0.0753. The van der Waals surface area contributed by atoms with Crippen molar-refractivity contribution in [2.45, 2.75) is 19.4 Å². The smallest absolute Gasteiger partial charge is 0.226 e. The molecule has 0 fully saturated rings. The van der Waals surface area contributed by atoms with Crippen LogP contribution in [-0.4, -0.2) is 24.5 Å². The lowest BCUT2D eigenvalue weighted by Crippen LogP contribution is -2.30. The summed E-state index contributed by atoms with van der Waals surface area (Å²) >= 11 is 1.66. The van der Waals surface area contributed by atoms with E-state index < -0.39 is 0 Å². The molecule has 2 aromatic rings. The average molecular weight is 304 g/mol. The van der Waals surface area contributed by atoms with E-state index in [0.717, 1.165) is 5.75 Å². The van der Waals surface area contributed by atoms with Gasteiger partial charge in [-0.2, -0.15) is 0 Å². The zero-order valence-electron chi connectivity index (χ0n) is 12.3. The summed E-state index contributed by atoms with van der Waals surface area (Å²) in [5.74, 6) is 0.803. The van der Waals surface area contributed by atoms with Crippen LogP contribution in [0.2, 0.25) is 0 Å². The van der Waals surface area contributed by atoms with Crippen LogP contribution in [0.15, 0.2) is 41.8 Å². The number of nitrogens with zero attached hydrogens (tertiary/aromatic N) is 1. The van der Waals surface area contributed by atoms with Gasteiger partial charge in [-0.05, 0) is 42.6 Å². The van der Waals surface area contributed by atoms with Crippen molar-refractivity contribution >= 4 is 22.9 Å². The van der Waals surface area contributed by atoms with E-state index in [0.29, 0.717) is 18.7 Å². The Morgan fingerprint density at radius 1 is 1.33 bits per heavy atom. The summed E-state index contributed by atoms with van der Waals surface area (Å²) in [6.45, 7) is 2.40. The van der Waals surface area contributed by atoms with Crippen molar-refractivity contribution in [3.63, 3.8) is 0 Å². The molecule has 112 valence electrons. The second-order valence-electron chi connectivity index (χ2n) is 4.86. The molecule has 0 bridgehead atoms. The molecule has 0 aliphatic carbocycles. The number of amides is 1. The summed E-state index contributed by atoms with van der Waals surface area (Å²) in [5, 5.41) is 2.02. The fourth-order valence-corrected chi connectivity index (χ4v) is 2.76. The van der Waals surface area contributed by atoms with Gasteiger partial charge in [0.25, 0.3) is 0 Å². The number of ether oxygens (including phenoxy) is 1. The topological polar surface area (TPSA) is 55.6 Å². The van der Waals surface area contributed by atoms with Gasteiger partial charge in [-0.1, -0.05) is 6.07 Å². The van der Waals surface area contributed by atoms with Crippen LogP contribution in [0.1, 0.15) is 24.3 Å². The highest BCUT2D eigenvalue weighted by atomic mass is 32.1. The summed E-state index contributed by atoms with van der Waals surface area (Å²) in [6, 6.07) is 11.3. The zero-order valence-corrected chi connectivity index (χ0v) is 13.1. The van der Waals surface area contributed by atoms with Crippen molar-refractivity contribution in [1.29, 1.82) is 0 Å². The lowest BCUT2D eigenvalue weighted by atomic mass is 10.2. The minimum absolute atomic E-state index is 0.0753. The Bertz CT molecular complexity index is 566. The molecule has 1 aromatic carbocycles. The SMILES string of the molecule is CC(c1cccs1)N(C)C(=O)CCOc1ccc(N)cc1. The zero-order chi connectivity index (χ0) is 15.2. The monoisotopic (exact) mass is 304 g/mol. The first kappa shape index (κ1) is 15.4. The van der Waals surface area contributed by atoms with Crippen LogP contribution in [0.25, 0.3) is 0 Å². The van der Waals surface area contributed by atoms with Crippen molar-refractivity contribution in [1.82, 2.24) is 4.90 Å². The maximum atomic E-state index is 12.2. The highest BCUT2D eigenvalue weighted by Crippen LogP contribution is 2.23. The Hall–Kier alpha value is -2.01. The molecule has 1 heterocycles. The molecule has 0 spiro atoms. The molecule has 0 saturated carbocycles. The number of anilines is 1. The highest BCUT2D eigenvalue weighted by Gasteiger charge is 2.17. The molecule has 5 heteroatoms. The standard InChI is InChI=1S/C16H20N2O2S/c1-12(15-4-3-11-21-15)18(2)16(19)9-10-20-14-7-5-13(17)6-8-14/h3-8,11-12H,9-10,17H2,1-2H3. The van der Waals surface area contributed by atoms with Gasteiger partial charge in [-0.25, -0.2) is 0 Å².